The van der Waals surface area contributed by atoms with Crippen molar-refractivity contribution in [2.75, 3.05) is 6.54 Å². The number of rotatable bonds is 3. The topological polar surface area (TPSA) is 66.7 Å². The van der Waals surface area contributed by atoms with E-state index >= 15 is 0 Å². The number of likely N-dealkylation sites (tertiary alicyclic amines) is 2. The summed E-state index contributed by atoms with van der Waals surface area (Å²) >= 11 is 1.59. The normalized spacial score (nSPS) is 23.6. The summed E-state index contributed by atoms with van der Waals surface area (Å²) in [6.07, 6.45) is 4.18. The predicted molar refractivity (Wildman–Crippen MR) is 84.0 cm³/mol. The highest BCUT2D eigenvalue weighted by Gasteiger charge is 2.48. The van der Waals surface area contributed by atoms with Crippen molar-refractivity contribution in [3.63, 3.8) is 0 Å². The summed E-state index contributed by atoms with van der Waals surface area (Å²) < 4.78 is 5.00. The van der Waals surface area contributed by atoms with Gasteiger partial charge >= 0.3 is 0 Å². The van der Waals surface area contributed by atoms with Crippen molar-refractivity contribution >= 4 is 23.2 Å². The van der Waals surface area contributed by atoms with Crippen molar-refractivity contribution in [1.29, 1.82) is 0 Å². The quantitative estimate of drug-likeness (QED) is 0.863. The van der Waals surface area contributed by atoms with E-state index in [0.29, 0.717) is 25.1 Å². The first kappa shape index (κ1) is 14.4. The lowest BCUT2D eigenvalue weighted by molar-refractivity contribution is -0.129. The Bertz CT molecular complexity index is 740. The summed E-state index contributed by atoms with van der Waals surface area (Å²) in [6.45, 7) is 3.18. The molecule has 2 aromatic rings. The van der Waals surface area contributed by atoms with Crippen LogP contribution in [0.1, 0.15) is 33.9 Å². The van der Waals surface area contributed by atoms with E-state index in [1.165, 1.54) is 12.5 Å². The Kier molecular flexibility index (Phi) is 3.45. The molecule has 2 aliphatic rings. The fraction of sp³-hybridized carbons (Fsp3) is 0.438. The first-order valence-corrected chi connectivity index (χ1v) is 8.55. The maximum Gasteiger partial charge on any atom is 0.257 e. The minimum absolute atomic E-state index is 0.0374. The number of carbonyl (C=O) groups excluding carboxylic acids is 2. The van der Waals surface area contributed by atoms with Crippen LogP contribution in [0.15, 0.2) is 28.4 Å². The van der Waals surface area contributed by atoms with Gasteiger partial charge in [-0.25, -0.2) is 4.98 Å². The maximum absolute atomic E-state index is 12.6. The third kappa shape index (κ3) is 2.45. The average Bonchev–Trinajstić information content (AvgIpc) is 3.27. The second-order valence-electron chi connectivity index (χ2n) is 6.02. The Balaban J connectivity index is 1.52. The summed E-state index contributed by atoms with van der Waals surface area (Å²) in [6, 6.07) is 1.73. The van der Waals surface area contributed by atoms with Crippen LogP contribution in [0.5, 0.6) is 0 Å². The van der Waals surface area contributed by atoms with Gasteiger partial charge in [-0.15, -0.1) is 11.3 Å². The number of aryl methyl sites for hydroxylation is 1. The summed E-state index contributed by atoms with van der Waals surface area (Å²) in [5.74, 6) is 0.0562. The van der Waals surface area contributed by atoms with Gasteiger partial charge in [0.1, 0.15) is 6.26 Å². The van der Waals surface area contributed by atoms with Gasteiger partial charge in [-0.2, -0.15) is 0 Å². The number of nitrogens with zero attached hydrogens (tertiary/aromatic N) is 3. The SMILES string of the molecule is Cc1nc(CN2C(=O)C[C@@H]3[C@@H]2CCN3C(=O)c2ccoc2)cs1. The van der Waals surface area contributed by atoms with Crippen LogP contribution < -0.4 is 0 Å². The summed E-state index contributed by atoms with van der Waals surface area (Å²) in [4.78, 5) is 33.1. The van der Waals surface area contributed by atoms with Gasteiger partial charge in [0.05, 0.1) is 41.2 Å². The van der Waals surface area contributed by atoms with E-state index in [0.717, 1.165) is 17.1 Å². The lowest BCUT2D eigenvalue weighted by Gasteiger charge is -2.24. The molecule has 6 nitrogen and oxygen atoms in total. The average molecular weight is 331 g/mol. The summed E-state index contributed by atoms with van der Waals surface area (Å²) in [5, 5.41) is 3.01. The Labute approximate surface area is 137 Å². The van der Waals surface area contributed by atoms with Crippen molar-refractivity contribution in [2.45, 2.75) is 38.4 Å². The molecule has 2 aromatic heterocycles. The molecule has 0 bridgehead atoms. The standard InChI is InChI=1S/C16H17N3O3S/c1-10-17-12(9-23-10)7-19-13-2-4-18(14(13)6-15(19)20)16(21)11-3-5-22-8-11/h3,5,8-9,13-14H,2,4,6-7H2,1H3/t13-,14+/m0/s1. The van der Waals surface area contributed by atoms with Gasteiger partial charge in [0.2, 0.25) is 5.91 Å². The lowest BCUT2D eigenvalue weighted by atomic mass is 10.1. The molecule has 0 radical (unpaired) electrons. The van der Waals surface area contributed by atoms with Gasteiger partial charge < -0.3 is 14.2 Å². The van der Waals surface area contributed by atoms with E-state index in [9.17, 15) is 9.59 Å². The Morgan fingerprint density at radius 2 is 2.35 bits per heavy atom. The van der Waals surface area contributed by atoms with Crippen molar-refractivity contribution in [2.24, 2.45) is 0 Å². The van der Waals surface area contributed by atoms with Crippen LogP contribution in [0.4, 0.5) is 0 Å². The molecule has 23 heavy (non-hydrogen) atoms. The van der Waals surface area contributed by atoms with Crippen LogP contribution in [-0.2, 0) is 11.3 Å². The van der Waals surface area contributed by atoms with E-state index in [1.54, 1.807) is 17.4 Å². The molecule has 7 heteroatoms. The molecule has 2 fully saturated rings. The molecule has 120 valence electrons. The second kappa shape index (κ2) is 5.49. The maximum atomic E-state index is 12.6. The molecule has 0 spiro atoms. The third-order valence-electron chi connectivity index (χ3n) is 4.64. The van der Waals surface area contributed by atoms with Crippen molar-refractivity contribution < 1.29 is 14.0 Å². The fourth-order valence-electron chi connectivity index (χ4n) is 3.59. The van der Waals surface area contributed by atoms with E-state index in [4.69, 9.17) is 4.42 Å². The molecule has 4 rings (SSSR count). The summed E-state index contributed by atoms with van der Waals surface area (Å²) in [7, 11) is 0. The zero-order chi connectivity index (χ0) is 16.0. The Hall–Kier alpha value is -2.15. The van der Waals surface area contributed by atoms with Crippen LogP contribution in [0.25, 0.3) is 0 Å². The molecule has 2 amide bonds. The number of furan rings is 1. The van der Waals surface area contributed by atoms with Gasteiger partial charge in [0.25, 0.3) is 5.91 Å². The highest BCUT2D eigenvalue weighted by atomic mass is 32.1. The minimum Gasteiger partial charge on any atom is -0.472 e. The molecule has 0 aromatic carbocycles. The zero-order valence-electron chi connectivity index (χ0n) is 12.8. The lowest BCUT2D eigenvalue weighted by Crippen LogP contribution is -2.39. The highest BCUT2D eigenvalue weighted by Crippen LogP contribution is 2.34. The number of carbonyl (C=O) groups is 2. The van der Waals surface area contributed by atoms with Crippen LogP contribution in [0.3, 0.4) is 0 Å². The van der Waals surface area contributed by atoms with E-state index in [1.807, 2.05) is 22.1 Å². The van der Waals surface area contributed by atoms with Crippen LogP contribution in [0.2, 0.25) is 0 Å². The van der Waals surface area contributed by atoms with E-state index in [2.05, 4.69) is 4.98 Å². The second-order valence-corrected chi connectivity index (χ2v) is 7.08. The first-order valence-electron chi connectivity index (χ1n) is 7.67. The van der Waals surface area contributed by atoms with Gasteiger partial charge in [-0.3, -0.25) is 9.59 Å². The third-order valence-corrected chi connectivity index (χ3v) is 5.46. The molecule has 0 aliphatic carbocycles. The van der Waals surface area contributed by atoms with E-state index < -0.39 is 0 Å². The minimum atomic E-state index is -0.0506. The largest absolute Gasteiger partial charge is 0.472 e. The molecule has 2 saturated heterocycles. The molecule has 0 saturated carbocycles. The van der Waals surface area contributed by atoms with Gasteiger partial charge in [-0.05, 0) is 19.4 Å². The molecule has 2 aliphatic heterocycles. The number of aromatic nitrogens is 1. The van der Waals surface area contributed by atoms with Crippen molar-refractivity contribution in [3.8, 4) is 0 Å². The van der Waals surface area contributed by atoms with Crippen LogP contribution >= 0.6 is 11.3 Å². The molecule has 0 N–H and O–H groups in total. The van der Waals surface area contributed by atoms with Crippen molar-refractivity contribution in [1.82, 2.24) is 14.8 Å². The smallest absolute Gasteiger partial charge is 0.257 e. The van der Waals surface area contributed by atoms with Gasteiger partial charge in [0.15, 0.2) is 0 Å². The highest BCUT2D eigenvalue weighted by molar-refractivity contribution is 7.09. The monoisotopic (exact) mass is 331 g/mol. The van der Waals surface area contributed by atoms with Crippen LogP contribution in [0, 0.1) is 6.92 Å². The molecule has 4 heterocycles. The number of amides is 2. The predicted octanol–water partition coefficient (Wildman–Crippen LogP) is 2.06. The zero-order valence-corrected chi connectivity index (χ0v) is 13.6. The molecular weight excluding hydrogens is 314 g/mol. The molecule has 0 unspecified atom stereocenters. The number of hydrogen-bond acceptors (Lipinski definition) is 5. The molecule has 2 atom stereocenters. The van der Waals surface area contributed by atoms with E-state index in [-0.39, 0.29) is 23.9 Å². The van der Waals surface area contributed by atoms with Gasteiger partial charge in [0, 0.05) is 18.3 Å². The molecular formula is C16H17N3O3S. The summed E-state index contributed by atoms with van der Waals surface area (Å²) in [5.41, 5.74) is 1.48. The fourth-order valence-corrected chi connectivity index (χ4v) is 4.20. The number of hydrogen-bond donors (Lipinski definition) is 0. The van der Waals surface area contributed by atoms with Gasteiger partial charge in [-0.1, -0.05) is 0 Å². The van der Waals surface area contributed by atoms with Crippen LogP contribution in [-0.4, -0.2) is 45.2 Å². The number of thiazole rings is 1. The number of fused-ring (bicyclic) bond motifs is 1. The van der Waals surface area contributed by atoms with Crippen molar-refractivity contribution in [3.05, 3.63) is 40.2 Å². The first-order chi connectivity index (χ1) is 11.1. The Morgan fingerprint density at radius 3 is 3.04 bits per heavy atom. The Morgan fingerprint density at radius 1 is 1.48 bits per heavy atom.